The van der Waals surface area contributed by atoms with Crippen LogP contribution >= 0.6 is 12.4 Å². The molecule has 1 heterocycles. The average molecular weight is 412 g/mol. The van der Waals surface area contributed by atoms with Crippen molar-refractivity contribution in [2.24, 2.45) is 5.73 Å². The van der Waals surface area contributed by atoms with Gasteiger partial charge in [-0.3, -0.25) is 4.79 Å². The summed E-state index contributed by atoms with van der Waals surface area (Å²) in [5.74, 6) is -0.138. The number of nitrogens with one attached hydrogen (secondary N) is 1. The molecule has 1 amide bonds. The van der Waals surface area contributed by atoms with Gasteiger partial charge in [-0.1, -0.05) is 42.8 Å². The number of fused-ring (bicyclic) bond motifs is 1. The third kappa shape index (κ3) is 4.79. The molecule has 1 atom stereocenters. The Morgan fingerprint density at radius 1 is 1.15 bits per heavy atom. The van der Waals surface area contributed by atoms with E-state index in [1.807, 2.05) is 30.3 Å². The molecule has 1 aliphatic heterocycles. The van der Waals surface area contributed by atoms with Crippen molar-refractivity contribution in [3.63, 3.8) is 0 Å². The van der Waals surface area contributed by atoms with Crippen molar-refractivity contribution in [2.45, 2.75) is 36.6 Å². The molecule has 2 aromatic carbocycles. The molecule has 0 aromatic heterocycles. The predicted molar refractivity (Wildman–Crippen MR) is 109 cm³/mol. The first kappa shape index (κ1) is 21.6. The number of nitrogens with zero attached hydrogens (tertiary/aromatic N) is 1. The van der Waals surface area contributed by atoms with Gasteiger partial charge < -0.3 is 11.1 Å². The highest BCUT2D eigenvalue weighted by molar-refractivity contribution is 7.89. The van der Waals surface area contributed by atoms with Crippen LogP contribution in [0.4, 0.5) is 0 Å². The summed E-state index contributed by atoms with van der Waals surface area (Å²) in [4.78, 5) is 12.1. The number of carbonyl (C=O) groups excluding carboxylic acids is 1. The maximum Gasteiger partial charge on any atom is 0.244 e. The lowest BCUT2D eigenvalue weighted by Gasteiger charge is -2.35. The molecule has 0 radical (unpaired) electrons. The molecule has 0 bridgehead atoms. The molecule has 1 saturated heterocycles. The van der Waals surface area contributed by atoms with Crippen LogP contribution in [0.3, 0.4) is 0 Å². The van der Waals surface area contributed by atoms with Crippen LogP contribution in [0.25, 0.3) is 10.8 Å². The van der Waals surface area contributed by atoms with Crippen LogP contribution in [-0.2, 0) is 14.8 Å². The molecule has 27 heavy (non-hydrogen) atoms. The fourth-order valence-corrected chi connectivity index (χ4v) is 5.40. The molecule has 3 N–H and O–H groups in total. The molecule has 1 aliphatic rings. The summed E-state index contributed by atoms with van der Waals surface area (Å²) < 4.78 is 28.3. The maximum absolute atomic E-state index is 13.4. The lowest BCUT2D eigenvalue weighted by Crippen LogP contribution is -2.49. The monoisotopic (exact) mass is 411 g/mol. The quantitative estimate of drug-likeness (QED) is 0.762. The molecule has 3 rings (SSSR count). The van der Waals surface area contributed by atoms with Crippen LogP contribution in [0, 0.1) is 0 Å². The third-order valence-corrected chi connectivity index (χ3v) is 6.83. The highest BCUT2D eigenvalue weighted by Crippen LogP contribution is 2.29. The number of nitrogens with two attached hydrogens (primary N) is 1. The van der Waals surface area contributed by atoms with E-state index in [9.17, 15) is 13.2 Å². The van der Waals surface area contributed by atoms with Crippen LogP contribution in [0.1, 0.15) is 25.7 Å². The second kappa shape index (κ2) is 9.50. The first-order valence-electron chi connectivity index (χ1n) is 9.00. The number of amides is 1. The predicted octanol–water partition coefficient (Wildman–Crippen LogP) is 2.27. The summed E-state index contributed by atoms with van der Waals surface area (Å²) in [5.41, 5.74) is 5.40. The highest BCUT2D eigenvalue weighted by atomic mass is 35.5. The summed E-state index contributed by atoms with van der Waals surface area (Å²) in [5, 5.41) is 4.45. The summed E-state index contributed by atoms with van der Waals surface area (Å²) in [6, 6.07) is 12.6. The number of carbonyl (C=O) groups is 1. The van der Waals surface area contributed by atoms with Gasteiger partial charge in [-0.05, 0) is 24.3 Å². The van der Waals surface area contributed by atoms with Gasteiger partial charge in [0.05, 0.1) is 4.90 Å². The number of hydrogen-bond acceptors (Lipinski definition) is 4. The van der Waals surface area contributed by atoms with Gasteiger partial charge in [-0.25, -0.2) is 8.42 Å². The molecule has 8 heteroatoms. The molecular weight excluding hydrogens is 386 g/mol. The lowest BCUT2D eigenvalue weighted by molar-refractivity contribution is -0.121. The zero-order chi connectivity index (χ0) is 18.6. The molecule has 0 spiro atoms. The molecular formula is C19H26ClN3O3S. The van der Waals surface area contributed by atoms with Gasteiger partial charge in [0.15, 0.2) is 0 Å². The minimum absolute atomic E-state index is 0. The summed E-state index contributed by atoms with van der Waals surface area (Å²) in [6.45, 7) is 1.08. The van der Waals surface area contributed by atoms with Crippen LogP contribution in [0.5, 0.6) is 0 Å². The summed E-state index contributed by atoms with van der Waals surface area (Å²) >= 11 is 0. The van der Waals surface area contributed by atoms with Gasteiger partial charge in [0, 0.05) is 37.5 Å². The molecule has 1 unspecified atom stereocenters. The number of hydrogen-bond donors (Lipinski definition) is 2. The van der Waals surface area contributed by atoms with E-state index < -0.39 is 10.0 Å². The van der Waals surface area contributed by atoms with Crippen LogP contribution in [0.2, 0.25) is 0 Å². The largest absolute Gasteiger partial charge is 0.354 e. The molecule has 2 aromatic rings. The van der Waals surface area contributed by atoms with Gasteiger partial charge >= 0.3 is 0 Å². The van der Waals surface area contributed by atoms with Gasteiger partial charge in [0.2, 0.25) is 15.9 Å². The average Bonchev–Trinajstić information content (AvgIpc) is 2.66. The van der Waals surface area contributed by atoms with Crippen molar-refractivity contribution in [3.05, 3.63) is 42.5 Å². The van der Waals surface area contributed by atoms with Gasteiger partial charge in [0.1, 0.15) is 0 Å². The van der Waals surface area contributed by atoms with E-state index in [0.29, 0.717) is 18.0 Å². The Morgan fingerprint density at radius 2 is 1.89 bits per heavy atom. The van der Waals surface area contributed by atoms with Crippen molar-refractivity contribution >= 4 is 39.1 Å². The SMILES string of the molecule is Cl.NCCC(=O)NCC1CCCCN1S(=O)(=O)c1cccc2ccccc12. The van der Waals surface area contributed by atoms with E-state index in [0.717, 1.165) is 30.0 Å². The zero-order valence-electron chi connectivity index (χ0n) is 15.1. The third-order valence-electron chi connectivity index (χ3n) is 4.82. The van der Waals surface area contributed by atoms with Crippen molar-refractivity contribution in [1.29, 1.82) is 0 Å². The van der Waals surface area contributed by atoms with Gasteiger partial charge in [-0.2, -0.15) is 4.31 Å². The highest BCUT2D eigenvalue weighted by Gasteiger charge is 2.34. The molecule has 6 nitrogen and oxygen atoms in total. The van der Waals surface area contributed by atoms with Crippen LogP contribution in [-0.4, -0.2) is 44.3 Å². The minimum atomic E-state index is -3.64. The van der Waals surface area contributed by atoms with E-state index >= 15 is 0 Å². The van der Waals surface area contributed by atoms with E-state index in [-0.39, 0.29) is 37.3 Å². The first-order valence-corrected chi connectivity index (χ1v) is 10.4. The maximum atomic E-state index is 13.4. The van der Waals surface area contributed by atoms with Crippen LogP contribution < -0.4 is 11.1 Å². The number of benzene rings is 2. The smallest absolute Gasteiger partial charge is 0.244 e. The Morgan fingerprint density at radius 3 is 2.67 bits per heavy atom. The second-order valence-electron chi connectivity index (χ2n) is 6.59. The molecule has 1 fully saturated rings. The van der Waals surface area contributed by atoms with Crippen molar-refractivity contribution in [1.82, 2.24) is 9.62 Å². The fraction of sp³-hybridized carbons (Fsp3) is 0.421. The fourth-order valence-electron chi connectivity index (χ4n) is 3.49. The normalized spacial score (nSPS) is 18.0. The lowest BCUT2D eigenvalue weighted by atomic mass is 10.1. The van der Waals surface area contributed by atoms with Crippen molar-refractivity contribution in [3.8, 4) is 0 Å². The van der Waals surface area contributed by atoms with Crippen molar-refractivity contribution in [2.75, 3.05) is 19.6 Å². The van der Waals surface area contributed by atoms with E-state index in [4.69, 9.17) is 5.73 Å². The Bertz CT molecular complexity index is 883. The second-order valence-corrected chi connectivity index (χ2v) is 8.44. The number of halogens is 1. The summed E-state index contributed by atoms with van der Waals surface area (Å²) in [7, 11) is -3.64. The van der Waals surface area contributed by atoms with Crippen molar-refractivity contribution < 1.29 is 13.2 Å². The van der Waals surface area contributed by atoms with E-state index in [2.05, 4.69) is 5.32 Å². The van der Waals surface area contributed by atoms with Crippen LogP contribution in [0.15, 0.2) is 47.4 Å². The topological polar surface area (TPSA) is 92.5 Å². The molecule has 0 aliphatic carbocycles. The first-order chi connectivity index (χ1) is 12.5. The minimum Gasteiger partial charge on any atom is -0.354 e. The Hall–Kier alpha value is -1.67. The Balaban J connectivity index is 0.00000261. The standard InChI is InChI=1S/C19H25N3O3S.ClH/c20-12-11-19(23)21-14-16-8-3-4-13-22(16)26(24,25)18-10-5-7-15-6-1-2-9-17(15)18;/h1-2,5-7,9-10,16H,3-4,8,11-14,20H2,(H,21,23);1H. The molecule has 148 valence electrons. The number of piperidine rings is 1. The van der Waals surface area contributed by atoms with Gasteiger partial charge in [-0.15, -0.1) is 12.4 Å². The molecule has 0 saturated carbocycles. The number of sulfonamides is 1. The summed E-state index contributed by atoms with van der Waals surface area (Å²) in [6.07, 6.45) is 2.78. The van der Waals surface area contributed by atoms with Gasteiger partial charge in [0.25, 0.3) is 0 Å². The number of rotatable bonds is 6. The zero-order valence-corrected chi connectivity index (χ0v) is 16.8. The van der Waals surface area contributed by atoms with E-state index in [1.165, 1.54) is 0 Å². The Kier molecular flexibility index (Phi) is 7.61. The van der Waals surface area contributed by atoms with E-state index in [1.54, 1.807) is 16.4 Å². The Labute approximate surface area is 166 Å².